The van der Waals surface area contributed by atoms with Gasteiger partial charge < -0.3 is 23.5 Å². The van der Waals surface area contributed by atoms with E-state index >= 15 is 0 Å². The molecule has 0 radical (unpaired) electrons. The molecule has 3 aromatic rings. The summed E-state index contributed by atoms with van der Waals surface area (Å²) in [6.45, 7) is 4.47. The molecule has 3 aromatic heterocycles. The first-order valence-corrected chi connectivity index (χ1v) is 12.3. The minimum Gasteiger partial charge on any atom is -0.493 e. The molecule has 0 unspecified atom stereocenters. The van der Waals surface area contributed by atoms with Gasteiger partial charge in [0.2, 0.25) is 5.88 Å². The summed E-state index contributed by atoms with van der Waals surface area (Å²) in [5, 5.41) is 1.30. The Hall–Kier alpha value is -2.42. The van der Waals surface area contributed by atoms with Gasteiger partial charge in [-0.05, 0) is 52.0 Å². The van der Waals surface area contributed by atoms with Crippen molar-refractivity contribution in [3.63, 3.8) is 0 Å². The predicted molar refractivity (Wildman–Crippen MR) is 126 cm³/mol. The van der Waals surface area contributed by atoms with Gasteiger partial charge in [-0.25, -0.2) is 15.0 Å². The Morgan fingerprint density at radius 2 is 2.00 bits per heavy atom. The third kappa shape index (κ3) is 3.72. The number of methoxy groups -OCH3 is 1. The standard InChI is InChI=1S/C25H29ClN4O4/c1-25(2)33-21-14(12-32-19-11-20(31-3)29-17-7-5-4-6-15(17)19)10-18(22(21)34-25)30-9-8-16-23(26)27-13-28-24(16)30/h8-9,11,13-14,18,21-22H,4-7,10,12H2,1-3H3/t14-,18+,21+,22-/m0/s1. The molecule has 2 fully saturated rings. The molecule has 9 heteroatoms. The number of aryl methyl sites for hydroxylation is 1. The highest BCUT2D eigenvalue weighted by atomic mass is 35.5. The smallest absolute Gasteiger partial charge is 0.216 e. The fourth-order valence-corrected chi connectivity index (χ4v) is 5.96. The number of ether oxygens (including phenoxy) is 4. The molecule has 4 atom stereocenters. The first-order chi connectivity index (χ1) is 16.4. The van der Waals surface area contributed by atoms with Crippen LogP contribution in [0.5, 0.6) is 11.6 Å². The van der Waals surface area contributed by atoms with Gasteiger partial charge in [-0.15, -0.1) is 0 Å². The molecule has 8 nitrogen and oxygen atoms in total. The summed E-state index contributed by atoms with van der Waals surface area (Å²) in [7, 11) is 1.65. The van der Waals surface area contributed by atoms with Gasteiger partial charge in [0.25, 0.3) is 0 Å². The van der Waals surface area contributed by atoms with Crippen molar-refractivity contribution in [2.45, 2.75) is 70.0 Å². The second-order valence-corrected chi connectivity index (χ2v) is 10.2. The zero-order valence-corrected chi connectivity index (χ0v) is 20.4. The van der Waals surface area contributed by atoms with Gasteiger partial charge >= 0.3 is 0 Å². The van der Waals surface area contributed by atoms with Crippen LogP contribution >= 0.6 is 11.6 Å². The predicted octanol–water partition coefficient (Wildman–Crippen LogP) is 4.53. The Kier molecular flexibility index (Phi) is 5.43. The summed E-state index contributed by atoms with van der Waals surface area (Å²) < 4.78 is 26.8. The van der Waals surface area contributed by atoms with E-state index in [1.54, 1.807) is 7.11 Å². The molecule has 0 amide bonds. The quantitative estimate of drug-likeness (QED) is 0.492. The third-order valence-corrected chi connectivity index (χ3v) is 7.57. The number of nitrogens with zero attached hydrogens (tertiary/aromatic N) is 4. The lowest BCUT2D eigenvalue weighted by Gasteiger charge is -2.25. The fraction of sp³-hybridized carbons (Fsp3) is 0.560. The van der Waals surface area contributed by atoms with Crippen LogP contribution < -0.4 is 9.47 Å². The Morgan fingerprint density at radius 3 is 2.85 bits per heavy atom. The van der Waals surface area contributed by atoms with Crippen molar-refractivity contribution in [1.29, 1.82) is 0 Å². The van der Waals surface area contributed by atoms with Gasteiger partial charge in [0.05, 0.1) is 36.9 Å². The number of fused-ring (bicyclic) bond motifs is 3. The molecule has 0 spiro atoms. The van der Waals surface area contributed by atoms with Crippen molar-refractivity contribution in [2.75, 3.05) is 13.7 Å². The molecule has 0 aromatic carbocycles. The van der Waals surface area contributed by atoms with Gasteiger partial charge in [0.15, 0.2) is 5.79 Å². The maximum Gasteiger partial charge on any atom is 0.216 e. The number of pyridine rings is 1. The first-order valence-electron chi connectivity index (χ1n) is 12.0. The number of hydrogen-bond donors (Lipinski definition) is 0. The van der Waals surface area contributed by atoms with Crippen LogP contribution in [0, 0.1) is 5.92 Å². The summed E-state index contributed by atoms with van der Waals surface area (Å²) >= 11 is 6.31. The highest BCUT2D eigenvalue weighted by molar-refractivity contribution is 6.33. The molecular weight excluding hydrogens is 456 g/mol. The van der Waals surface area contributed by atoms with Gasteiger partial charge in [-0.2, -0.15) is 0 Å². The number of hydrogen-bond acceptors (Lipinski definition) is 7. The monoisotopic (exact) mass is 484 g/mol. The van der Waals surface area contributed by atoms with Crippen LogP contribution in [0.3, 0.4) is 0 Å². The minimum absolute atomic E-state index is 0.0599. The molecule has 3 aliphatic rings. The second kappa shape index (κ2) is 8.36. The summed E-state index contributed by atoms with van der Waals surface area (Å²) in [5.74, 6) is 0.992. The number of rotatable bonds is 5. The van der Waals surface area contributed by atoms with Crippen molar-refractivity contribution >= 4 is 22.6 Å². The average molecular weight is 485 g/mol. The van der Waals surface area contributed by atoms with Crippen LogP contribution in [0.1, 0.15) is 50.4 Å². The van der Waals surface area contributed by atoms with Crippen molar-refractivity contribution in [3.8, 4) is 11.6 Å². The molecule has 1 saturated heterocycles. The SMILES string of the molecule is COc1cc(OC[C@@H]2C[C@@H](n3ccc4c(Cl)ncnc43)[C@@H]3OC(C)(C)O[C@H]23)c2c(n1)CCCC2. The lowest BCUT2D eigenvalue weighted by Crippen LogP contribution is -2.29. The molecule has 4 heterocycles. The van der Waals surface area contributed by atoms with Crippen LogP contribution in [-0.2, 0) is 22.3 Å². The molecule has 0 N–H and O–H groups in total. The van der Waals surface area contributed by atoms with Gasteiger partial charge in [-0.1, -0.05) is 11.6 Å². The zero-order chi connectivity index (χ0) is 23.4. The Labute approximate surface area is 203 Å². The molecule has 2 aliphatic carbocycles. The van der Waals surface area contributed by atoms with E-state index < -0.39 is 5.79 Å². The zero-order valence-electron chi connectivity index (χ0n) is 19.7. The Balaban J connectivity index is 1.29. The summed E-state index contributed by atoms with van der Waals surface area (Å²) in [4.78, 5) is 13.3. The lowest BCUT2D eigenvalue weighted by atomic mass is 9.95. The number of halogens is 1. The van der Waals surface area contributed by atoms with Crippen LogP contribution in [0.2, 0.25) is 5.15 Å². The molecule has 180 valence electrons. The van der Waals surface area contributed by atoms with Crippen molar-refractivity contribution in [2.24, 2.45) is 5.92 Å². The Morgan fingerprint density at radius 1 is 1.18 bits per heavy atom. The summed E-state index contributed by atoms with van der Waals surface area (Å²) in [5.41, 5.74) is 3.12. The van der Waals surface area contributed by atoms with Crippen LogP contribution in [0.15, 0.2) is 24.7 Å². The van der Waals surface area contributed by atoms with E-state index in [1.807, 2.05) is 32.2 Å². The van der Waals surface area contributed by atoms with Crippen LogP contribution in [0.4, 0.5) is 0 Å². The van der Waals surface area contributed by atoms with Crippen LogP contribution in [0.25, 0.3) is 11.0 Å². The highest BCUT2D eigenvalue weighted by Crippen LogP contribution is 2.48. The van der Waals surface area contributed by atoms with E-state index in [0.29, 0.717) is 17.6 Å². The maximum atomic E-state index is 6.47. The maximum absolute atomic E-state index is 6.47. The molecular formula is C25H29ClN4O4. The van der Waals surface area contributed by atoms with Gasteiger partial charge in [-0.3, -0.25) is 0 Å². The Bertz CT molecular complexity index is 1230. The summed E-state index contributed by atoms with van der Waals surface area (Å²) in [6, 6.07) is 3.94. The van der Waals surface area contributed by atoms with E-state index in [9.17, 15) is 0 Å². The normalized spacial score (nSPS) is 27.5. The van der Waals surface area contributed by atoms with E-state index in [2.05, 4.69) is 19.5 Å². The van der Waals surface area contributed by atoms with Gasteiger partial charge in [0, 0.05) is 23.7 Å². The third-order valence-electron chi connectivity index (χ3n) is 7.27. The van der Waals surface area contributed by atoms with Crippen molar-refractivity contribution in [3.05, 3.63) is 41.1 Å². The van der Waals surface area contributed by atoms with Gasteiger partial charge in [0.1, 0.15) is 29.0 Å². The number of aromatic nitrogens is 4. The fourth-order valence-electron chi connectivity index (χ4n) is 5.77. The highest BCUT2D eigenvalue weighted by Gasteiger charge is 2.55. The topological polar surface area (TPSA) is 80.5 Å². The summed E-state index contributed by atoms with van der Waals surface area (Å²) in [6.07, 6.45) is 8.46. The van der Waals surface area contributed by atoms with Crippen LogP contribution in [-0.4, -0.2) is 51.2 Å². The van der Waals surface area contributed by atoms with E-state index in [-0.39, 0.29) is 24.2 Å². The molecule has 34 heavy (non-hydrogen) atoms. The molecule has 0 bridgehead atoms. The second-order valence-electron chi connectivity index (χ2n) is 9.86. The molecule has 1 saturated carbocycles. The van der Waals surface area contributed by atoms with E-state index in [1.165, 1.54) is 11.9 Å². The average Bonchev–Trinajstić information content (AvgIpc) is 3.48. The largest absolute Gasteiger partial charge is 0.493 e. The van der Waals surface area contributed by atoms with E-state index in [4.69, 9.17) is 30.5 Å². The molecule has 6 rings (SSSR count). The van der Waals surface area contributed by atoms with Crippen molar-refractivity contribution in [1.82, 2.24) is 19.5 Å². The first kappa shape index (κ1) is 22.1. The molecule has 1 aliphatic heterocycles. The van der Waals surface area contributed by atoms with E-state index in [0.717, 1.165) is 54.6 Å². The minimum atomic E-state index is -0.652. The van der Waals surface area contributed by atoms with Crippen molar-refractivity contribution < 1.29 is 18.9 Å². The lowest BCUT2D eigenvalue weighted by molar-refractivity contribution is -0.161.